The molecule has 1 aromatic carbocycles. The van der Waals surface area contributed by atoms with E-state index in [1.54, 1.807) is 6.07 Å². The molecule has 0 aliphatic heterocycles. The average molecular weight is 278 g/mol. The van der Waals surface area contributed by atoms with Gasteiger partial charge in [-0.1, -0.05) is 18.9 Å². The summed E-state index contributed by atoms with van der Waals surface area (Å²) in [6.07, 6.45) is 6.88. The maximum Gasteiger partial charge on any atom is 0.251 e. The molecule has 0 radical (unpaired) electrons. The number of carbonyl (C=O) groups is 1. The summed E-state index contributed by atoms with van der Waals surface area (Å²) in [6, 6.07) is 5.80. The van der Waals surface area contributed by atoms with Crippen LogP contribution in [0.2, 0.25) is 0 Å². The van der Waals surface area contributed by atoms with Crippen molar-refractivity contribution < 1.29 is 4.79 Å². The summed E-state index contributed by atoms with van der Waals surface area (Å²) in [5.74, 6) is -0.00218. The van der Waals surface area contributed by atoms with Crippen molar-refractivity contribution in [2.75, 3.05) is 12.0 Å². The first-order valence-electron chi connectivity index (χ1n) is 6.81. The van der Waals surface area contributed by atoms with Gasteiger partial charge in [0.1, 0.15) is 0 Å². The minimum Gasteiger partial charge on any atom is -0.398 e. The molecule has 0 bridgehead atoms. The lowest BCUT2D eigenvalue weighted by Crippen LogP contribution is -2.43. The second kappa shape index (κ2) is 6.33. The first kappa shape index (κ1) is 14.3. The van der Waals surface area contributed by atoms with Gasteiger partial charge in [0, 0.05) is 22.5 Å². The number of thioether (sulfide) groups is 1. The molecular formula is C15H22N2OS. The van der Waals surface area contributed by atoms with Crippen molar-refractivity contribution in [2.45, 2.75) is 43.9 Å². The molecule has 1 amide bonds. The number of aryl methyl sites for hydroxylation is 1. The van der Waals surface area contributed by atoms with Crippen molar-refractivity contribution in [1.29, 1.82) is 0 Å². The molecule has 0 aromatic heterocycles. The number of rotatable bonds is 3. The quantitative estimate of drug-likeness (QED) is 0.836. The first-order chi connectivity index (χ1) is 9.11. The Bertz CT molecular complexity index is 461. The highest BCUT2D eigenvalue weighted by Gasteiger charge is 2.26. The Balaban J connectivity index is 2.05. The van der Waals surface area contributed by atoms with Crippen LogP contribution in [-0.2, 0) is 0 Å². The van der Waals surface area contributed by atoms with Gasteiger partial charge in [0.15, 0.2) is 0 Å². The Labute approximate surface area is 119 Å². The van der Waals surface area contributed by atoms with E-state index >= 15 is 0 Å². The number of anilines is 1. The van der Waals surface area contributed by atoms with Gasteiger partial charge >= 0.3 is 0 Å². The van der Waals surface area contributed by atoms with Gasteiger partial charge < -0.3 is 11.1 Å². The zero-order valence-corrected chi connectivity index (χ0v) is 12.4. The topological polar surface area (TPSA) is 55.1 Å². The van der Waals surface area contributed by atoms with Gasteiger partial charge in [-0.15, -0.1) is 0 Å². The summed E-state index contributed by atoms with van der Waals surface area (Å²) in [5.41, 5.74) is 8.21. The Kier molecular flexibility index (Phi) is 4.75. The molecule has 1 saturated carbocycles. The summed E-state index contributed by atoms with van der Waals surface area (Å²) in [4.78, 5) is 12.3. The third-order valence-electron chi connectivity index (χ3n) is 3.86. The fraction of sp³-hybridized carbons (Fsp3) is 0.533. The fourth-order valence-corrected chi connectivity index (χ4v) is 3.51. The van der Waals surface area contributed by atoms with Gasteiger partial charge in [-0.3, -0.25) is 4.79 Å². The first-order valence-corrected chi connectivity index (χ1v) is 8.10. The standard InChI is InChI=1S/C15H22N2OS/c1-10-7-8-11(9-12(10)16)15(18)17-13-5-3-4-6-14(13)19-2/h7-9,13-14H,3-6,16H2,1-2H3,(H,17,18). The van der Waals surface area contributed by atoms with E-state index in [1.165, 1.54) is 19.3 Å². The summed E-state index contributed by atoms with van der Waals surface area (Å²) in [6.45, 7) is 1.95. The lowest BCUT2D eigenvalue weighted by molar-refractivity contribution is 0.0929. The Morgan fingerprint density at radius 1 is 1.37 bits per heavy atom. The third-order valence-corrected chi connectivity index (χ3v) is 5.03. The number of nitrogens with two attached hydrogens (primary N) is 1. The minimum absolute atomic E-state index is 0.00218. The van der Waals surface area contributed by atoms with E-state index in [9.17, 15) is 4.79 Å². The number of nitrogen functional groups attached to an aromatic ring is 1. The number of benzene rings is 1. The predicted octanol–water partition coefficient (Wildman–Crippen LogP) is 2.98. The van der Waals surface area contributed by atoms with Gasteiger partial charge in [0.25, 0.3) is 5.91 Å². The van der Waals surface area contributed by atoms with Gasteiger partial charge in [0.05, 0.1) is 0 Å². The molecule has 1 aromatic rings. The SMILES string of the molecule is CSC1CCCCC1NC(=O)c1ccc(C)c(N)c1. The van der Waals surface area contributed by atoms with Crippen LogP contribution in [0.15, 0.2) is 18.2 Å². The third kappa shape index (κ3) is 3.44. The second-order valence-electron chi connectivity index (χ2n) is 5.21. The molecule has 3 nitrogen and oxygen atoms in total. The lowest BCUT2D eigenvalue weighted by Gasteiger charge is -2.31. The van der Waals surface area contributed by atoms with E-state index in [0.717, 1.165) is 12.0 Å². The molecule has 0 saturated heterocycles. The molecule has 1 aliphatic carbocycles. The summed E-state index contributed by atoms with van der Waals surface area (Å²) in [7, 11) is 0. The monoisotopic (exact) mass is 278 g/mol. The van der Waals surface area contributed by atoms with Crippen molar-refractivity contribution in [1.82, 2.24) is 5.32 Å². The van der Waals surface area contributed by atoms with E-state index in [4.69, 9.17) is 5.73 Å². The number of hydrogen-bond acceptors (Lipinski definition) is 3. The summed E-state index contributed by atoms with van der Waals surface area (Å²) < 4.78 is 0. The van der Waals surface area contributed by atoms with E-state index < -0.39 is 0 Å². The van der Waals surface area contributed by atoms with Crippen LogP contribution in [0.25, 0.3) is 0 Å². The second-order valence-corrected chi connectivity index (χ2v) is 6.29. The Morgan fingerprint density at radius 2 is 2.11 bits per heavy atom. The Morgan fingerprint density at radius 3 is 2.79 bits per heavy atom. The zero-order chi connectivity index (χ0) is 13.8. The molecule has 4 heteroatoms. The maximum atomic E-state index is 12.3. The van der Waals surface area contributed by atoms with Crippen LogP contribution in [0.4, 0.5) is 5.69 Å². The molecule has 1 aliphatic rings. The summed E-state index contributed by atoms with van der Waals surface area (Å²) >= 11 is 1.86. The fourth-order valence-electron chi connectivity index (χ4n) is 2.58. The summed E-state index contributed by atoms with van der Waals surface area (Å²) in [5, 5.41) is 3.71. The van der Waals surface area contributed by atoms with Crippen molar-refractivity contribution in [3.05, 3.63) is 29.3 Å². The molecule has 0 heterocycles. The highest BCUT2D eigenvalue weighted by molar-refractivity contribution is 7.99. The normalized spacial score (nSPS) is 23.1. The molecule has 3 N–H and O–H groups in total. The van der Waals surface area contributed by atoms with Crippen LogP contribution < -0.4 is 11.1 Å². The number of amides is 1. The average Bonchev–Trinajstić information content (AvgIpc) is 2.42. The molecule has 0 spiro atoms. The van der Waals surface area contributed by atoms with Crippen molar-refractivity contribution in [3.8, 4) is 0 Å². The molecular weight excluding hydrogens is 256 g/mol. The van der Waals surface area contributed by atoms with Crippen LogP contribution in [-0.4, -0.2) is 23.5 Å². The molecule has 19 heavy (non-hydrogen) atoms. The smallest absolute Gasteiger partial charge is 0.251 e. The molecule has 104 valence electrons. The van der Waals surface area contributed by atoms with E-state index in [1.807, 2.05) is 30.8 Å². The van der Waals surface area contributed by atoms with Crippen molar-refractivity contribution in [3.63, 3.8) is 0 Å². The molecule has 2 atom stereocenters. The van der Waals surface area contributed by atoms with Crippen LogP contribution in [0, 0.1) is 6.92 Å². The van der Waals surface area contributed by atoms with Crippen molar-refractivity contribution >= 4 is 23.4 Å². The van der Waals surface area contributed by atoms with Gasteiger partial charge in [0.2, 0.25) is 0 Å². The van der Waals surface area contributed by atoms with E-state index in [-0.39, 0.29) is 5.91 Å². The maximum absolute atomic E-state index is 12.3. The van der Waals surface area contributed by atoms with Crippen LogP contribution in [0.3, 0.4) is 0 Å². The largest absolute Gasteiger partial charge is 0.398 e. The van der Waals surface area contributed by atoms with Crippen LogP contribution >= 0.6 is 11.8 Å². The molecule has 2 rings (SSSR count). The van der Waals surface area contributed by atoms with Crippen LogP contribution in [0.5, 0.6) is 0 Å². The predicted molar refractivity (Wildman–Crippen MR) is 82.6 cm³/mol. The minimum atomic E-state index is -0.00218. The molecule has 2 unspecified atom stereocenters. The highest BCUT2D eigenvalue weighted by atomic mass is 32.2. The van der Waals surface area contributed by atoms with Gasteiger partial charge in [-0.25, -0.2) is 0 Å². The Hall–Kier alpha value is -1.16. The van der Waals surface area contributed by atoms with Gasteiger partial charge in [-0.2, -0.15) is 11.8 Å². The molecule has 1 fully saturated rings. The van der Waals surface area contributed by atoms with Gasteiger partial charge in [-0.05, 0) is 43.7 Å². The lowest BCUT2D eigenvalue weighted by atomic mass is 9.94. The number of nitrogens with one attached hydrogen (secondary N) is 1. The van der Waals surface area contributed by atoms with Crippen LogP contribution in [0.1, 0.15) is 41.6 Å². The zero-order valence-electron chi connectivity index (χ0n) is 11.6. The van der Waals surface area contributed by atoms with E-state index in [2.05, 4.69) is 11.6 Å². The highest BCUT2D eigenvalue weighted by Crippen LogP contribution is 2.27. The van der Waals surface area contributed by atoms with E-state index in [0.29, 0.717) is 22.5 Å². The van der Waals surface area contributed by atoms with Crippen molar-refractivity contribution in [2.24, 2.45) is 0 Å². The number of carbonyl (C=O) groups excluding carboxylic acids is 1. The number of hydrogen-bond donors (Lipinski definition) is 2.